The summed E-state index contributed by atoms with van der Waals surface area (Å²) in [5.41, 5.74) is 1.73. The molecule has 26 heavy (non-hydrogen) atoms. The second-order valence-electron chi connectivity index (χ2n) is 7.50. The number of H-pyrrole nitrogens is 1. The third kappa shape index (κ3) is 3.30. The zero-order valence-corrected chi connectivity index (χ0v) is 15.4. The van der Waals surface area contributed by atoms with Crippen LogP contribution in [0.5, 0.6) is 0 Å². The van der Waals surface area contributed by atoms with E-state index in [-0.39, 0.29) is 5.91 Å². The Bertz CT molecular complexity index is 764. The van der Waals surface area contributed by atoms with E-state index in [0.29, 0.717) is 18.3 Å². The van der Waals surface area contributed by atoms with Crippen molar-refractivity contribution in [1.82, 2.24) is 30.4 Å². The topological polar surface area (TPSA) is 105 Å². The molecule has 1 saturated heterocycles. The summed E-state index contributed by atoms with van der Waals surface area (Å²) < 4.78 is 1.87. The van der Waals surface area contributed by atoms with Crippen molar-refractivity contribution in [2.75, 3.05) is 23.3 Å². The summed E-state index contributed by atoms with van der Waals surface area (Å²) in [4.78, 5) is 15.0. The normalized spacial score (nSPS) is 22.9. The summed E-state index contributed by atoms with van der Waals surface area (Å²) in [5.74, 6) is 2.53. The molecule has 1 aliphatic carbocycles. The van der Waals surface area contributed by atoms with Gasteiger partial charge in [-0.2, -0.15) is 10.3 Å². The van der Waals surface area contributed by atoms with Gasteiger partial charge in [0.1, 0.15) is 5.69 Å². The quantitative estimate of drug-likeness (QED) is 0.844. The lowest BCUT2D eigenvalue weighted by Gasteiger charge is -2.33. The minimum atomic E-state index is 0.0710. The summed E-state index contributed by atoms with van der Waals surface area (Å²) >= 11 is 0. The van der Waals surface area contributed by atoms with E-state index in [2.05, 4.69) is 35.9 Å². The summed E-state index contributed by atoms with van der Waals surface area (Å²) in [7, 11) is 1.94. The fourth-order valence-corrected chi connectivity index (χ4v) is 4.19. The molecule has 2 aromatic heterocycles. The molecule has 2 unspecified atom stereocenters. The van der Waals surface area contributed by atoms with E-state index < -0.39 is 0 Å². The second kappa shape index (κ2) is 7.05. The van der Waals surface area contributed by atoms with E-state index in [9.17, 15) is 4.79 Å². The van der Waals surface area contributed by atoms with Crippen molar-refractivity contribution in [2.24, 2.45) is 13.0 Å². The van der Waals surface area contributed by atoms with Crippen LogP contribution in [0.4, 0.5) is 11.5 Å². The molecule has 2 N–H and O–H groups in total. The summed E-state index contributed by atoms with van der Waals surface area (Å²) in [6.07, 6.45) is 5.91. The zero-order chi connectivity index (χ0) is 18.1. The van der Waals surface area contributed by atoms with Gasteiger partial charge in [0.25, 0.3) is 0 Å². The Morgan fingerprint density at radius 3 is 2.85 bits per heavy atom. The third-order valence-corrected chi connectivity index (χ3v) is 5.60. The monoisotopic (exact) mass is 358 g/mol. The summed E-state index contributed by atoms with van der Waals surface area (Å²) in [5, 5.41) is 22.1. The number of carbonyl (C=O) groups excluding carboxylic acids is 1. The highest BCUT2D eigenvalue weighted by Crippen LogP contribution is 2.37. The van der Waals surface area contributed by atoms with Crippen molar-refractivity contribution < 1.29 is 4.79 Å². The minimum absolute atomic E-state index is 0.0710. The molecule has 1 saturated carbocycles. The molecule has 4 rings (SSSR count). The number of aromatic nitrogens is 6. The predicted octanol–water partition coefficient (Wildman–Crippen LogP) is 1.75. The van der Waals surface area contributed by atoms with E-state index in [1.165, 1.54) is 6.42 Å². The SMILES string of the molecule is Cc1nn(C)c(N2CCC2)c1NC(=O)CC1CCCC(c2nn[nH]n2)C1. The number of tetrazole rings is 1. The number of nitrogens with one attached hydrogen (secondary N) is 2. The van der Waals surface area contributed by atoms with Crippen LogP contribution in [0.1, 0.15) is 56.0 Å². The average Bonchev–Trinajstić information content (AvgIpc) is 3.18. The van der Waals surface area contributed by atoms with Gasteiger partial charge in [-0.1, -0.05) is 11.6 Å². The largest absolute Gasteiger partial charge is 0.355 e. The van der Waals surface area contributed by atoms with Gasteiger partial charge < -0.3 is 10.2 Å². The number of amides is 1. The van der Waals surface area contributed by atoms with Crippen LogP contribution in [0.25, 0.3) is 0 Å². The van der Waals surface area contributed by atoms with Gasteiger partial charge in [-0.05, 0) is 38.5 Å². The number of nitrogens with zero attached hydrogens (tertiary/aromatic N) is 6. The number of rotatable bonds is 5. The predicted molar refractivity (Wildman–Crippen MR) is 96.9 cm³/mol. The number of anilines is 2. The molecule has 0 aromatic carbocycles. The molecular weight excluding hydrogens is 332 g/mol. The van der Waals surface area contributed by atoms with Crippen LogP contribution >= 0.6 is 0 Å². The molecular formula is C17H26N8O. The Morgan fingerprint density at radius 1 is 1.31 bits per heavy atom. The molecule has 3 heterocycles. The van der Waals surface area contributed by atoms with Crippen LogP contribution in [0.3, 0.4) is 0 Å². The van der Waals surface area contributed by atoms with Gasteiger partial charge in [0.15, 0.2) is 11.6 Å². The molecule has 0 bridgehead atoms. The van der Waals surface area contributed by atoms with Crippen molar-refractivity contribution >= 4 is 17.4 Å². The third-order valence-electron chi connectivity index (χ3n) is 5.60. The Kier molecular flexibility index (Phi) is 4.60. The summed E-state index contributed by atoms with van der Waals surface area (Å²) in [6, 6.07) is 0. The van der Waals surface area contributed by atoms with Crippen molar-refractivity contribution in [3.63, 3.8) is 0 Å². The Morgan fingerprint density at radius 2 is 2.15 bits per heavy atom. The lowest BCUT2D eigenvalue weighted by molar-refractivity contribution is -0.117. The van der Waals surface area contributed by atoms with E-state index in [1.807, 2.05) is 18.7 Å². The number of aromatic amines is 1. The van der Waals surface area contributed by atoms with Crippen LogP contribution in [0.2, 0.25) is 0 Å². The van der Waals surface area contributed by atoms with Gasteiger partial charge in [-0.25, -0.2) is 0 Å². The smallest absolute Gasteiger partial charge is 0.224 e. The molecule has 2 aromatic rings. The molecule has 0 spiro atoms. The van der Waals surface area contributed by atoms with Crippen molar-refractivity contribution in [2.45, 2.75) is 51.4 Å². The van der Waals surface area contributed by atoms with Gasteiger partial charge in [0, 0.05) is 32.5 Å². The van der Waals surface area contributed by atoms with Gasteiger partial charge in [0.2, 0.25) is 5.91 Å². The molecule has 0 radical (unpaired) electrons. The Hall–Kier alpha value is -2.45. The van der Waals surface area contributed by atoms with E-state index >= 15 is 0 Å². The van der Waals surface area contributed by atoms with Crippen molar-refractivity contribution in [3.8, 4) is 0 Å². The lowest BCUT2D eigenvalue weighted by atomic mass is 9.79. The highest BCUT2D eigenvalue weighted by atomic mass is 16.1. The number of aryl methyl sites for hydroxylation is 2. The maximum absolute atomic E-state index is 12.7. The first kappa shape index (κ1) is 17.0. The van der Waals surface area contributed by atoms with Crippen molar-refractivity contribution in [3.05, 3.63) is 11.5 Å². The van der Waals surface area contributed by atoms with Gasteiger partial charge in [-0.15, -0.1) is 10.2 Å². The van der Waals surface area contributed by atoms with Crippen LogP contribution in [0.15, 0.2) is 0 Å². The standard InChI is InChI=1S/C17H26N8O/c1-11-15(17(24(2)21-11)25-7-4-8-25)18-14(26)10-12-5-3-6-13(9-12)16-19-22-23-20-16/h12-13H,3-10H2,1-2H3,(H,18,26)(H,19,20,22,23). The highest BCUT2D eigenvalue weighted by Gasteiger charge is 2.29. The Balaban J connectivity index is 1.40. The van der Waals surface area contributed by atoms with Crippen LogP contribution < -0.4 is 10.2 Å². The van der Waals surface area contributed by atoms with Crippen molar-refractivity contribution in [1.29, 1.82) is 0 Å². The first-order chi connectivity index (χ1) is 12.6. The summed E-state index contributed by atoms with van der Waals surface area (Å²) in [6.45, 7) is 4.00. The molecule has 2 fully saturated rings. The van der Waals surface area contributed by atoms with Crippen LogP contribution in [0, 0.1) is 12.8 Å². The molecule has 2 atom stereocenters. The number of hydrogen-bond donors (Lipinski definition) is 2. The molecule has 140 valence electrons. The molecule has 9 heteroatoms. The van der Waals surface area contributed by atoms with Gasteiger partial charge >= 0.3 is 0 Å². The number of carbonyl (C=O) groups is 1. The lowest BCUT2D eigenvalue weighted by Crippen LogP contribution is -2.39. The maximum atomic E-state index is 12.7. The number of hydrogen-bond acceptors (Lipinski definition) is 6. The van der Waals surface area contributed by atoms with E-state index in [1.54, 1.807) is 0 Å². The first-order valence-electron chi connectivity index (χ1n) is 9.43. The second-order valence-corrected chi connectivity index (χ2v) is 7.50. The first-order valence-corrected chi connectivity index (χ1v) is 9.43. The zero-order valence-electron chi connectivity index (χ0n) is 15.4. The highest BCUT2D eigenvalue weighted by molar-refractivity contribution is 5.94. The fraction of sp³-hybridized carbons (Fsp3) is 0.706. The van der Waals surface area contributed by atoms with Crippen LogP contribution in [-0.4, -0.2) is 49.4 Å². The minimum Gasteiger partial charge on any atom is -0.355 e. The van der Waals surface area contributed by atoms with E-state index in [4.69, 9.17) is 0 Å². The van der Waals surface area contributed by atoms with E-state index in [0.717, 1.165) is 61.8 Å². The molecule has 1 amide bonds. The average molecular weight is 358 g/mol. The fourth-order valence-electron chi connectivity index (χ4n) is 4.19. The maximum Gasteiger partial charge on any atom is 0.224 e. The molecule has 9 nitrogen and oxygen atoms in total. The Labute approximate surface area is 152 Å². The molecule has 2 aliphatic rings. The van der Waals surface area contributed by atoms with Crippen LogP contribution in [-0.2, 0) is 11.8 Å². The molecule has 1 aliphatic heterocycles. The van der Waals surface area contributed by atoms with Gasteiger partial charge in [-0.3, -0.25) is 9.48 Å². The van der Waals surface area contributed by atoms with Gasteiger partial charge in [0.05, 0.1) is 5.69 Å².